The van der Waals surface area contributed by atoms with Crippen molar-refractivity contribution in [2.75, 3.05) is 22.9 Å². The molecule has 288 valence electrons. The third-order valence-electron chi connectivity index (χ3n) is 11.8. The fourth-order valence-corrected chi connectivity index (χ4v) is 8.37. The monoisotopic (exact) mass is 919 g/mol. The number of fused-ring (bicyclic) bond motifs is 2. The summed E-state index contributed by atoms with van der Waals surface area (Å²) in [6, 6.07) is 44.1. The van der Waals surface area contributed by atoms with Gasteiger partial charge in [0.05, 0.1) is 0 Å². The van der Waals surface area contributed by atoms with Gasteiger partial charge in [-0.1, -0.05) is 133 Å². The Labute approximate surface area is 348 Å². The van der Waals surface area contributed by atoms with E-state index >= 15 is 0 Å². The maximum Gasteiger partial charge on any atom is 2.00 e. The van der Waals surface area contributed by atoms with Crippen LogP contribution in [0.3, 0.4) is 0 Å². The van der Waals surface area contributed by atoms with Gasteiger partial charge >= 0.3 is 21.1 Å². The first-order valence-electron chi connectivity index (χ1n) is 19.8. The van der Waals surface area contributed by atoms with Gasteiger partial charge in [0.1, 0.15) is 11.6 Å². The van der Waals surface area contributed by atoms with Crippen LogP contribution in [0.5, 0.6) is 11.5 Å². The molecule has 0 N–H and O–H groups in total. The molecule has 2 aliphatic heterocycles. The number of rotatable bonds is 8. The molecule has 56 heavy (non-hydrogen) atoms. The van der Waals surface area contributed by atoms with E-state index in [0.29, 0.717) is 11.5 Å². The molecular formula is C50H52N4OPt. The van der Waals surface area contributed by atoms with Crippen LogP contribution in [0.1, 0.15) is 100 Å². The van der Waals surface area contributed by atoms with Crippen molar-refractivity contribution in [2.45, 2.75) is 90.4 Å². The molecule has 0 atom stereocenters. The Bertz CT molecular complexity index is 2310. The third-order valence-corrected chi connectivity index (χ3v) is 11.8. The summed E-state index contributed by atoms with van der Waals surface area (Å²) in [5.74, 6) is 3.25. The Morgan fingerprint density at radius 2 is 1.07 bits per heavy atom. The number of aryl methyl sites for hydroxylation is 1. The van der Waals surface area contributed by atoms with Crippen molar-refractivity contribution in [2.24, 2.45) is 0 Å². The van der Waals surface area contributed by atoms with E-state index in [2.05, 4.69) is 174 Å². The number of anilines is 4. The van der Waals surface area contributed by atoms with Crippen molar-refractivity contribution in [3.05, 3.63) is 167 Å². The van der Waals surface area contributed by atoms with E-state index in [1.807, 2.05) is 12.4 Å². The quantitative estimate of drug-likeness (QED) is 0.142. The second kappa shape index (κ2) is 15.7. The average molecular weight is 920 g/mol. The Hall–Kier alpha value is -4.73. The summed E-state index contributed by atoms with van der Waals surface area (Å²) >= 11 is 0. The first kappa shape index (κ1) is 39.5. The molecule has 6 aromatic rings. The smallest absolute Gasteiger partial charge is 0.509 e. The van der Waals surface area contributed by atoms with E-state index in [9.17, 15) is 0 Å². The van der Waals surface area contributed by atoms with Crippen LogP contribution >= 0.6 is 0 Å². The van der Waals surface area contributed by atoms with Crippen LogP contribution in [0, 0.1) is 12.1 Å². The van der Waals surface area contributed by atoms with E-state index in [0.717, 1.165) is 61.8 Å². The summed E-state index contributed by atoms with van der Waals surface area (Å²) in [5, 5.41) is 0. The predicted molar refractivity (Wildman–Crippen MR) is 226 cm³/mol. The molecule has 0 saturated carbocycles. The third kappa shape index (κ3) is 7.68. The van der Waals surface area contributed by atoms with E-state index in [4.69, 9.17) is 14.7 Å². The fraction of sp³-hybridized carbons (Fsp3) is 0.320. The van der Waals surface area contributed by atoms with Gasteiger partial charge < -0.3 is 14.5 Å². The number of hydrogen-bond acceptors (Lipinski definition) is 5. The molecule has 0 saturated heterocycles. The minimum absolute atomic E-state index is 0. The molecule has 0 aliphatic carbocycles. The van der Waals surface area contributed by atoms with E-state index in [1.165, 1.54) is 38.9 Å². The molecule has 0 amide bonds. The second-order valence-electron chi connectivity index (χ2n) is 17.2. The van der Waals surface area contributed by atoms with Crippen LogP contribution in [-0.2, 0) is 50.2 Å². The molecule has 0 spiro atoms. The number of pyridine rings is 2. The largest absolute Gasteiger partial charge is 2.00 e. The van der Waals surface area contributed by atoms with E-state index in [1.54, 1.807) is 0 Å². The summed E-state index contributed by atoms with van der Waals surface area (Å²) < 4.78 is 6.78. The van der Waals surface area contributed by atoms with Crippen LogP contribution in [-0.4, -0.2) is 23.1 Å². The van der Waals surface area contributed by atoms with Gasteiger partial charge in [-0.3, -0.25) is 0 Å². The van der Waals surface area contributed by atoms with E-state index < -0.39 is 0 Å². The van der Waals surface area contributed by atoms with Crippen LogP contribution in [0.2, 0.25) is 0 Å². The molecule has 0 fully saturated rings. The number of ether oxygens (including phenoxy) is 1. The SMILES string of the molecule is CC(C)(C)c1cc(Oc2[c-]c3c(cc2)CCCN3c2cc(C(C)(C)c3ccccc3)ccn2)[c-]c2c1CCCN2c1cc(C(C)(C)c2ccccc2)ccn1.[Pt+2]. The standard InChI is InChI=1S/C50H52N4O.Pt/c1-48(2,3)43-32-41(34-45-42(43)21-15-29-54(45)47-31-39(25-27-52-47)50(6,7)37-19-12-9-13-20-37)55-40-23-22-35-16-14-28-53(44(35)33-40)46-30-38(24-26-51-46)49(4,5)36-17-10-8-11-18-36;/h8-13,17-20,22-27,30-32H,14-16,21,28-29H2,1-7H3;/q-2;+2. The second-order valence-corrected chi connectivity index (χ2v) is 17.2. The van der Waals surface area contributed by atoms with Crippen molar-refractivity contribution >= 4 is 23.0 Å². The molecule has 2 aliphatic rings. The first-order valence-corrected chi connectivity index (χ1v) is 19.8. The summed E-state index contributed by atoms with van der Waals surface area (Å²) in [6.07, 6.45) is 7.99. The zero-order valence-electron chi connectivity index (χ0n) is 33.7. The Balaban J connectivity index is 0.00000480. The predicted octanol–water partition coefficient (Wildman–Crippen LogP) is 12.0. The molecule has 8 rings (SSSR count). The molecule has 2 aromatic heterocycles. The number of nitrogens with zero attached hydrogens (tertiary/aromatic N) is 4. The zero-order valence-corrected chi connectivity index (χ0v) is 36.0. The summed E-state index contributed by atoms with van der Waals surface area (Å²) in [4.78, 5) is 14.5. The van der Waals surface area contributed by atoms with Crippen molar-refractivity contribution in [1.82, 2.24) is 9.97 Å². The van der Waals surface area contributed by atoms with Gasteiger partial charge in [-0.25, -0.2) is 9.97 Å². The van der Waals surface area contributed by atoms with Gasteiger partial charge in [0, 0.05) is 47.8 Å². The van der Waals surface area contributed by atoms with Crippen LogP contribution in [0.15, 0.2) is 116 Å². The minimum Gasteiger partial charge on any atom is -0.509 e. The van der Waals surface area contributed by atoms with Gasteiger partial charge in [-0.05, 0) is 64.8 Å². The Kier molecular flexibility index (Phi) is 11.0. The topological polar surface area (TPSA) is 41.5 Å². The van der Waals surface area contributed by atoms with Crippen molar-refractivity contribution in [3.63, 3.8) is 0 Å². The normalized spacial score (nSPS) is 14.4. The molecule has 0 bridgehead atoms. The molecule has 4 aromatic carbocycles. The Morgan fingerprint density at radius 3 is 1.62 bits per heavy atom. The van der Waals surface area contributed by atoms with Crippen molar-refractivity contribution in [1.29, 1.82) is 0 Å². The van der Waals surface area contributed by atoms with Gasteiger partial charge in [0.15, 0.2) is 0 Å². The molecular weight excluding hydrogens is 868 g/mol. The number of aromatic nitrogens is 2. The van der Waals surface area contributed by atoms with Crippen LogP contribution in [0.4, 0.5) is 23.0 Å². The van der Waals surface area contributed by atoms with Crippen molar-refractivity contribution in [3.8, 4) is 11.5 Å². The molecule has 0 unspecified atom stereocenters. The minimum atomic E-state index is -0.173. The van der Waals surface area contributed by atoms with Gasteiger partial charge in [-0.15, -0.1) is 41.0 Å². The summed E-state index contributed by atoms with van der Waals surface area (Å²) in [7, 11) is 0. The van der Waals surface area contributed by atoms with Gasteiger partial charge in [0.2, 0.25) is 0 Å². The zero-order chi connectivity index (χ0) is 38.4. The number of hydrogen-bond donors (Lipinski definition) is 0. The van der Waals surface area contributed by atoms with Gasteiger partial charge in [-0.2, -0.15) is 6.07 Å². The Morgan fingerprint density at radius 1 is 0.554 bits per heavy atom. The van der Waals surface area contributed by atoms with Crippen LogP contribution in [0.25, 0.3) is 0 Å². The van der Waals surface area contributed by atoms with E-state index in [-0.39, 0.29) is 37.3 Å². The number of benzene rings is 4. The molecule has 4 heterocycles. The maximum absolute atomic E-state index is 6.78. The van der Waals surface area contributed by atoms with Crippen LogP contribution < -0.4 is 14.5 Å². The first-order chi connectivity index (χ1) is 26.4. The molecule has 6 heteroatoms. The summed E-state index contributed by atoms with van der Waals surface area (Å²) in [6.45, 7) is 17.7. The molecule has 0 radical (unpaired) electrons. The van der Waals surface area contributed by atoms with Crippen molar-refractivity contribution < 1.29 is 25.8 Å². The fourth-order valence-electron chi connectivity index (χ4n) is 8.37. The average Bonchev–Trinajstić information content (AvgIpc) is 3.20. The molecule has 5 nitrogen and oxygen atoms in total. The van der Waals surface area contributed by atoms with Gasteiger partial charge in [0.25, 0.3) is 0 Å². The maximum atomic E-state index is 6.78. The summed E-state index contributed by atoms with van der Waals surface area (Å²) in [5.41, 5.74) is 10.5.